The SMILES string of the molecule is Oc1ccc(Br)cc1C=NC1=NN(c2ccccc2)CC1. The van der Waals surface area contributed by atoms with Crippen molar-refractivity contribution in [3.05, 3.63) is 58.6 Å². The molecule has 0 saturated carbocycles. The van der Waals surface area contributed by atoms with E-state index in [-0.39, 0.29) is 5.75 Å². The Morgan fingerprint density at radius 3 is 2.81 bits per heavy atom. The molecule has 0 spiro atoms. The number of rotatable bonds is 2. The fraction of sp³-hybridized carbons (Fsp3) is 0.125. The van der Waals surface area contributed by atoms with Gasteiger partial charge in [0.2, 0.25) is 0 Å². The van der Waals surface area contributed by atoms with E-state index in [2.05, 4.69) is 26.0 Å². The average molecular weight is 344 g/mol. The molecular weight excluding hydrogens is 330 g/mol. The fourth-order valence-electron chi connectivity index (χ4n) is 2.10. The van der Waals surface area contributed by atoms with Crippen LogP contribution in [-0.2, 0) is 0 Å². The molecule has 1 N–H and O–H groups in total. The molecule has 0 saturated heterocycles. The van der Waals surface area contributed by atoms with Gasteiger partial charge >= 0.3 is 0 Å². The molecule has 0 aromatic heterocycles. The number of hydrazone groups is 1. The van der Waals surface area contributed by atoms with E-state index in [1.54, 1.807) is 18.3 Å². The Hall–Kier alpha value is -2.14. The lowest BCUT2D eigenvalue weighted by molar-refractivity contribution is 0.474. The number of aromatic hydroxyl groups is 1. The number of hydrogen-bond acceptors (Lipinski definition) is 4. The molecule has 0 radical (unpaired) electrons. The molecule has 0 bridgehead atoms. The first-order valence-corrected chi connectivity index (χ1v) is 7.44. The van der Waals surface area contributed by atoms with Gasteiger partial charge in [0.1, 0.15) is 5.75 Å². The molecule has 2 aromatic carbocycles. The van der Waals surface area contributed by atoms with Gasteiger partial charge in [0, 0.05) is 29.2 Å². The topological polar surface area (TPSA) is 48.2 Å². The Kier molecular flexibility index (Phi) is 4.01. The standard InChI is InChI=1S/C16H14BrN3O/c17-13-6-7-15(21)12(10-13)11-18-16-8-9-20(19-16)14-4-2-1-3-5-14/h1-7,10-11,21H,8-9H2. The molecule has 21 heavy (non-hydrogen) atoms. The van der Waals surface area contributed by atoms with Gasteiger partial charge in [0.25, 0.3) is 0 Å². The van der Waals surface area contributed by atoms with E-state index < -0.39 is 0 Å². The first kappa shape index (κ1) is 13.8. The van der Waals surface area contributed by atoms with Crippen molar-refractivity contribution in [3.8, 4) is 5.75 Å². The van der Waals surface area contributed by atoms with E-state index in [4.69, 9.17) is 0 Å². The van der Waals surface area contributed by atoms with Crippen molar-refractivity contribution in [1.82, 2.24) is 0 Å². The smallest absolute Gasteiger partial charge is 0.150 e. The first-order valence-electron chi connectivity index (χ1n) is 6.65. The van der Waals surface area contributed by atoms with Gasteiger partial charge < -0.3 is 5.11 Å². The predicted octanol–water partition coefficient (Wildman–Crippen LogP) is 3.80. The Balaban J connectivity index is 1.77. The van der Waals surface area contributed by atoms with Gasteiger partial charge in [-0.1, -0.05) is 34.1 Å². The molecule has 0 fully saturated rings. The largest absolute Gasteiger partial charge is 0.507 e. The minimum Gasteiger partial charge on any atom is -0.507 e. The van der Waals surface area contributed by atoms with Crippen LogP contribution in [0.4, 0.5) is 5.69 Å². The summed E-state index contributed by atoms with van der Waals surface area (Å²) in [6, 6.07) is 15.3. The second-order valence-electron chi connectivity index (χ2n) is 4.69. The van der Waals surface area contributed by atoms with Gasteiger partial charge in [-0.3, -0.25) is 5.01 Å². The van der Waals surface area contributed by atoms with Gasteiger partial charge in [-0.25, -0.2) is 4.99 Å². The molecule has 106 valence electrons. The van der Waals surface area contributed by atoms with Crippen LogP contribution in [0, 0.1) is 0 Å². The highest BCUT2D eigenvalue weighted by Gasteiger charge is 2.14. The van der Waals surface area contributed by atoms with Gasteiger partial charge in [0.05, 0.1) is 5.69 Å². The van der Waals surface area contributed by atoms with Crippen LogP contribution in [0.25, 0.3) is 0 Å². The van der Waals surface area contributed by atoms with Crippen molar-refractivity contribution in [2.75, 3.05) is 11.6 Å². The summed E-state index contributed by atoms with van der Waals surface area (Å²) in [5.41, 5.74) is 1.73. The van der Waals surface area contributed by atoms with Gasteiger partial charge in [-0.05, 0) is 30.3 Å². The van der Waals surface area contributed by atoms with Crippen molar-refractivity contribution in [2.45, 2.75) is 6.42 Å². The third kappa shape index (κ3) is 3.31. The highest BCUT2D eigenvalue weighted by Crippen LogP contribution is 2.21. The highest BCUT2D eigenvalue weighted by molar-refractivity contribution is 9.10. The highest BCUT2D eigenvalue weighted by atomic mass is 79.9. The second kappa shape index (κ2) is 6.10. The van der Waals surface area contributed by atoms with E-state index in [9.17, 15) is 5.11 Å². The molecule has 0 amide bonds. The molecule has 1 aliphatic rings. The third-order valence-electron chi connectivity index (χ3n) is 3.18. The summed E-state index contributed by atoms with van der Waals surface area (Å²) in [6.45, 7) is 0.821. The van der Waals surface area contributed by atoms with Crippen LogP contribution in [0.3, 0.4) is 0 Å². The van der Waals surface area contributed by atoms with Crippen molar-refractivity contribution in [3.63, 3.8) is 0 Å². The number of halogens is 1. The zero-order chi connectivity index (χ0) is 14.7. The lowest BCUT2D eigenvalue weighted by Crippen LogP contribution is -2.11. The van der Waals surface area contributed by atoms with Crippen LogP contribution in [0.2, 0.25) is 0 Å². The molecule has 3 rings (SSSR count). The number of anilines is 1. The van der Waals surface area contributed by atoms with Crippen molar-refractivity contribution >= 4 is 33.7 Å². The monoisotopic (exact) mass is 343 g/mol. The Labute approximate surface area is 131 Å². The summed E-state index contributed by atoms with van der Waals surface area (Å²) in [7, 11) is 0. The molecule has 0 aliphatic carbocycles. The summed E-state index contributed by atoms with van der Waals surface area (Å²) < 4.78 is 0.904. The molecule has 4 nitrogen and oxygen atoms in total. The lowest BCUT2D eigenvalue weighted by Gasteiger charge is -2.11. The van der Waals surface area contributed by atoms with E-state index in [1.165, 1.54) is 0 Å². The molecule has 0 atom stereocenters. The van der Waals surface area contributed by atoms with Crippen molar-refractivity contribution in [1.29, 1.82) is 0 Å². The minimum atomic E-state index is 0.209. The van der Waals surface area contributed by atoms with Gasteiger partial charge in [-0.15, -0.1) is 0 Å². The van der Waals surface area contributed by atoms with E-state index in [0.29, 0.717) is 5.56 Å². The summed E-state index contributed by atoms with van der Waals surface area (Å²) in [6.07, 6.45) is 2.44. The normalized spacial score (nSPS) is 14.7. The number of amidine groups is 1. The van der Waals surface area contributed by atoms with Crippen molar-refractivity contribution in [2.24, 2.45) is 10.1 Å². The third-order valence-corrected chi connectivity index (χ3v) is 3.67. The zero-order valence-corrected chi connectivity index (χ0v) is 12.9. The predicted molar refractivity (Wildman–Crippen MR) is 89.2 cm³/mol. The zero-order valence-electron chi connectivity index (χ0n) is 11.3. The number of hydrogen-bond donors (Lipinski definition) is 1. The molecular formula is C16H14BrN3O. The maximum absolute atomic E-state index is 9.78. The molecule has 1 aliphatic heterocycles. The Morgan fingerprint density at radius 1 is 1.19 bits per heavy atom. The van der Waals surface area contributed by atoms with Crippen LogP contribution in [-0.4, -0.2) is 23.7 Å². The first-order chi connectivity index (χ1) is 10.2. The molecule has 2 aromatic rings. The summed E-state index contributed by atoms with van der Waals surface area (Å²) in [5.74, 6) is 0.971. The van der Waals surface area contributed by atoms with Crippen molar-refractivity contribution < 1.29 is 5.11 Å². The fourth-order valence-corrected chi connectivity index (χ4v) is 2.47. The number of nitrogens with zero attached hydrogens (tertiary/aromatic N) is 3. The number of benzene rings is 2. The lowest BCUT2D eigenvalue weighted by atomic mass is 10.2. The van der Waals surface area contributed by atoms with E-state index in [0.717, 1.165) is 29.0 Å². The van der Waals surface area contributed by atoms with Crippen LogP contribution in [0.1, 0.15) is 12.0 Å². The summed E-state index contributed by atoms with van der Waals surface area (Å²) in [4.78, 5) is 4.37. The second-order valence-corrected chi connectivity index (χ2v) is 5.60. The maximum Gasteiger partial charge on any atom is 0.150 e. The van der Waals surface area contributed by atoms with Crippen LogP contribution < -0.4 is 5.01 Å². The van der Waals surface area contributed by atoms with Gasteiger partial charge in [-0.2, -0.15) is 5.10 Å². The summed E-state index contributed by atoms with van der Waals surface area (Å²) in [5, 5.41) is 16.2. The Bertz CT molecular complexity index is 698. The van der Waals surface area contributed by atoms with E-state index >= 15 is 0 Å². The number of para-hydroxylation sites is 1. The summed E-state index contributed by atoms with van der Waals surface area (Å²) >= 11 is 3.38. The number of phenols is 1. The van der Waals surface area contributed by atoms with Crippen LogP contribution in [0.15, 0.2) is 63.1 Å². The molecule has 5 heteroatoms. The maximum atomic E-state index is 9.78. The number of phenolic OH excluding ortho intramolecular Hbond substituents is 1. The average Bonchev–Trinajstić information content (AvgIpc) is 2.98. The number of aliphatic imine (C=N–C) groups is 1. The van der Waals surface area contributed by atoms with Gasteiger partial charge in [0.15, 0.2) is 5.84 Å². The van der Waals surface area contributed by atoms with Crippen LogP contribution >= 0.6 is 15.9 Å². The molecule has 0 unspecified atom stereocenters. The minimum absolute atomic E-state index is 0.209. The quantitative estimate of drug-likeness (QED) is 0.843. The van der Waals surface area contributed by atoms with Crippen LogP contribution in [0.5, 0.6) is 5.75 Å². The molecule has 1 heterocycles. The Morgan fingerprint density at radius 2 is 2.00 bits per heavy atom. The van der Waals surface area contributed by atoms with E-state index in [1.807, 2.05) is 41.4 Å².